The first-order valence-corrected chi connectivity index (χ1v) is 8.51. The Balaban J connectivity index is 0.00000242. The standard InChI is InChI=1S/C16H31N3O2.2ClH/c1-13-11-19(12-14(2)21-13)9-4-3-7-18-16(20)10-15-6-5-8-17-15;;/h13-15,17H,3-12H2,1-2H3,(H,18,20);2*1H. The van der Waals surface area contributed by atoms with Gasteiger partial charge in [0.15, 0.2) is 0 Å². The number of morpholine rings is 1. The number of ether oxygens (including phenoxy) is 1. The molecule has 23 heavy (non-hydrogen) atoms. The van der Waals surface area contributed by atoms with Gasteiger partial charge in [-0.1, -0.05) is 0 Å². The van der Waals surface area contributed by atoms with Gasteiger partial charge in [0.2, 0.25) is 5.91 Å². The summed E-state index contributed by atoms with van der Waals surface area (Å²) in [5.74, 6) is 0.197. The molecule has 2 rings (SSSR count). The maximum atomic E-state index is 11.8. The zero-order valence-corrected chi connectivity index (χ0v) is 16.0. The van der Waals surface area contributed by atoms with Gasteiger partial charge in [0.05, 0.1) is 12.2 Å². The van der Waals surface area contributed by atoms with E-state index in [1.165, 1.54) is 6.42 Å². The SMILES string of the molecule is CC1CN(CCCCNC(=O)CC2CCCN2)CC(C)O1.Cl.Cl. The molecule has 2 heterocycles. The molecule has 3 atom stereocenters. The van der Waals surface area contributed by atoms with Crippen LogP contribution >= 0.6 is 24.8 Å². The van der Waals surface area contributed by atoms with E-state index < -0.39 is 0 Å². The van der Waals surface area contributed by atoms with Gasteiger partial charge in [-0.05, 0) is 52.6 Å². The number of amides is 1. The van der Waals surface area contributed by atoms with Crippen LogP contribution < -0.4 is 10.6 Å². The molecule has 3 unspecified atom stereocenters. The van der Waals surface area contributed by atoms with E-state index in [0.29, 0.717) is 24.7 Å². The summed E-state index contributed by atoms with van der Waals surface area (Å²) >= 11 is 0. The number of carbonyl (C=O) groups excluding carboxylic acids is 1. The molecule has 0 spiro atoms. The minimum Gasteiger partial charge on any atom is -0.373 e. The lowest BCUT2D eigenvalue weighted by atomic mass is 10.1. The zero-order valence-electron chi connectivity index (χ0n) is 14.4. The second-order valence-electron chi connectivity index (χ2n) is 6.57. The lowest BCUT2D eigenvalue weighted by molar-refractivity contribution is -0.121. The van der Waals surface area contributed by atoms with Crippen molar-refractivity contribution in [2.45, 2.75) is 64.2 Å². The van der Waals surface area contributed by atoms with Crippen LogP contribution in [0, 0.1) is 0 Å². The normalized spacial score (nSPS) is 27.8. The number of halogens is 2. The third-order valence-corrected chi connectivity index (χ3v) is 4.31. The molecule has 7 heteroatoms. The van der Waals surface area contributed by atoms with E-state index in [1.807, 2.05) is 0 Å². The van der Waals surface area contributed by atoms with Crippen molar-refractivity contribution in [1.29, 1.82) is 0 Å². The van der Waals surface area contributed by atoms with Crippen LogP contribution in [-0.4, -0.2) is 61.8 Å². The first-order chi connectivity index (χ1) is 10.1. The predicted molar refractivity (Wildman–Crippen MR) is 98.8 cm³/mol. The van der Waals surface area contributed by atoms with Gasteiger partial charge in [-0.2, -0.15) is 0 Å². The van der Waals surface area contributed by atoms with Crippen LogP contribution in [0.2, 0.25) is 0 Å². The molecular formula is C16H33Cl2N3O2. The summed E-state index contributed by atoms with van der Waals surface area (Å²) in [4.78, 5) is 14.2. The second kappa shape index (κ2) is 12.3. The Kier molecular flexibility index (Phi) is 12.3. The fraction of sp³-hybridized carbons (Fsp3) is 0.938. The number of hydrogen-bond acceptors (Lipinski definition) is 4. The van der Waals surface area contributed by atoms with Gasteiger partial charge >= 0.3 is 0 Å². The smallest absolute Gasteiger partial charge is 0.221 e. The Labute approximate surface area is 153 Å². The first kappa shape index (κ1) is 22.9. The summed E-state index contributed by atoms with van der Waals surface area (Å²) < 4.78 is 5.73. The molecular weight excluding hydrogens is 337 g/mol. The van der Waals surface area contributed by atoms with Crippen molar-refractivity contribution in [1.82, 2.24) is 15.5 Å². The summed E-state index contributed by atoms with van der Waals surface area (Å²) in [6, 6.07) is 0.404. The maximum absolute atomic E-state index is 11.8. The molecule has 0 aromatic carbocycles. The lowest BCUT2D eigenvalue weighted by Crippen LogP contribution is -2.45. The van der Waals surface area contributed by atoms with Crippen molar-refractivity contribution in [2.24, 2.45) is 0 Å². The Bertz CT molecular complexity index is 318. The minimum absolute atomic E-state index is 0. The highest BCUT2D eigenvalue weighted by atomic mass is 35.5. The van der Waals surface area contributed by atoms with E-state index >= 15 is 0 Å². The number of hydrogen-bond donors (Lipinski definition) is 2. The molecule has 0 aliphatic carbocycles. The molecule has 2 saturated heterocycles. The molecule has 0 saturated carbocycles. The fourth-order valence-corrected chi connectivity index (χ4v) is 3.38. The zero-order chi connectivity index (χ0) is 15.1. The molecule has 2 aliphatic heterocycles. The van der Waals surface area contributed by atoms with Gasteiger partial charge in [-0.3, -0.25) is 9.69 Å². The molecule has 2 aliphatic rings. The van der Waals surface area contributed by atoms with E-state index in [-0.39, 0.29) is 30.7 Å². The van der Waals surface area contributed by atoms with Gasteiger partial charge in [0.25, 0.3) is 0 Å². The Morgan fingerprint density at radius 2 is 1.91 bits per heavy atom. The molecule has 0 aromatic heterocycles. The topological polar surface area (TPSA) is 53.6 Å². The number of nitrogens with zero attached hydrogens (tertiary/aromatic N) is 1. The van der Waals surface area contributed by atoms with Crippen LogP contribution in [0.1, 0.15) is 46.0 Å². The highest BCUT2D eigenvalue weighted by Gasteiger charge is 2.21. The molecule has 2 fully saturated rings. The largest absolute Gasteiger partial charge is 0.373 e. The third kappa shape index (κ3) is 9.11. The lowest BCUT2D eigenvalue weighted by Gasteiger charge is -2.35. The number of carbonyl (C=O) groups is 1. The monoisotopic (exact) mass is 369 g/mol. The maximum Gasteiger partial charge on any atom is 0.221 e. The third-order valence-electron chi connectivity index (χ3n) is 4.31. The second-order valence-corrected chi connectivity index (χ2v) is 6.57. The molecule has 1 amide bonds. The van der Waals surface area contributed by atoms with Crippen molar-refractivity contribution in [3.8, 4) is 0 Å². The van der Waals surface area contributed by atoms with E-state index in [9.17, 15) is 4.79 Å². The van der Waals surface area contributed by atoms with Crippen molar-refractivity contribution < 1.29 is 9.53 Å². The molecule has 2 N–H and O–H groups in total. The molecule has 0 aromatic rings. The van der Waals surface area contributed by atoms with Gasteiger partial charge in [-0.15, -0.1) is 24.8 Å². The quantitative estimate of drug-likeness (QED) is 0.673. The van der Waals surface area contributed by atoms with Gasteiger partial charge in [0, 0.05) is 32.1 Å². The van der Waals surface area contributed by atoms with Crippen LogP contribution in [0.15, 0.2) is 0 Å². The Hall–Kier alpha value is -0.0700. The summed E-state index contributed by atoms with van der Waals surface area (Å²) in [5.41, 5.74) is 0. The van der Waals surface area contributed by atoms with Crippen LogP contribution in [0.4, 0.5) is 0 Å². The van der Waals surface area contributed by atoms with Crippen molar-refractivity contribution in [3.05, 3.63) is 0 Å². The fourth-order valence-electron chi connectivity index (χ4n) is 3.38. The van der Waals surface area contributed by atoms with Crippen LogP contribution in [0.25, 0.3) is 0 Å². The number of rotatable bonds is 7. The Morgan fingerprint density at radius 3 is 2.52 bits per heavy atom. The average Bonchev–Trinajstić information content (AvgIpc) is 2.90. The summed E-state index contributed by atoms with van der Waals surface area (Å²) in [5, 5.41) is 6.40. The predicted octanol–water partition coefficient (Wildman–Crippen LogP) is 1.98. The number of nitrogens with one attached hydrogen (secondary N) is 2. The van der Waals surface area contributed by atoms with E-state index in [4.69, 9.17) is 4.74 Å². The first-order valence-electron chi connectivity index (χ1n) is 8.51. The summed E-state index contributed by atoms with van der Waals surface area (Å²) in [7, 11) is 0. The highest BCUT2D eigenvalue weighted by molar-refractivity contribution is 5.85. The van der Waals surface area contributed by atoms with E-state index in [1.54, 1.807) is 0 Å². The molecule has 5 nitrogen and oxygen atoms in total. The Morgan fingerprint density at radius 1 is 1.22 bits per heavy atom. The molecule has 0 radical (unpaired) electrons. The van der Waals surface area contributed by atoms with E-state index in [0.717, 1.165) is 52.0 Å². The van der Waals surface area contributed by atoms with Crippen LogP contribution in [0.3, 0.4) is 0 Å². The average molecular weight is 370 g/mol. The van der Waals surface area contributed by atoms with E-state index in [2.05, 4.69) is 29.4 Å². The van der Waals surface area contributed by atoms with Crippen LogP contribution in [-0.2, 0) is 9.53 Å². The summed E-state index contributed by atoms with van der Waals surface area (Å²) in [6.45, 7) is 9.32. The minimum atomic E-state index is 0. The van der Waals surface area contributed by atoms with Gasteiger partial charge in [0.1, 0.15) is 0 Å². The van der Waals surface area contributed by atoms with Crippen molar-refractivity contribution >= 4 is 30.7 Å². The van der Waals surface area contributed by atoms with Gasteiger partial charge in [-0.25, -0.2) is 0 Å². The van der Waals surface area contributed by atoms with Crippen molar-refractivity contribution in [3.63, 3.8) is 0 Å². The summed E-state index contributed by atoms with van der Waals surface area (Å²) in [6.07, 6.45) is 5.86. The van der Waals surface area contributed by atoms with Crippen molar-refractivity contribution in [2.75, 3.05) is 32.7 Å². The van der Waals surface area contributed by atoms with Crippen LogP contribution in [0.5, 0.6) is 0 Å². The molecule has 138 valence electrons. The number of unbranched alkanes of at least 4 members (excludes halogenated alkanes) is 1. The van der Waals surface area contributed by atoms with Gasteiger partial charge < -0.3 is 15.4 Å². The highest BCUT2D eigenvalue weighted by Crippen LogP contribution is 2.11. The molecule has 0 bridgehead atoms.